The molecule has 1 N–H and O–H groups in total. The lowest BCUT2D eigenvalue weighted by Crippen LogP contribution is -2.25. The minimum Gasteiger partial charge on any atom is -0.463 e. The highest BCUT2D eigenvalue weighted by atomic mass is 16.8. The maximum absolute atomic E-state index is 11.1. The fraction of sp³-hybridized carbons (Fsp3) is 0.750. The molecule has 0 amide bonds. The van der Waals surface area contributed by atoms with Crippen LogP contribution < -0.4 is 0 Å². The van der Waals surface area contributed by atoms with Gasteiger partial charge in [0, 0.05) is 6.08 Å². The van der Waals surface area contributed by atoms with E-state index >= 15 is 0 Å². The van der Waals surface area contributed by atoms with Gasteiger partial charge >= 0.3 is 5.97 Å². The van der Waals surface area contributed by atoms with Crippen LogP contribution in [0.2, 0.25) is 0 Å². The van der Waals surface area contributed by atoms with Crippen molar-refractivity contribution in [1.29, 1.82) is 0 Å². The van der Waals surface area contributed by atoms with Crippen LogP contribution in [0.3, 0.4) is 0 Å². The van der Waals surface area contributed by atoms with E-state index in [1.807, 2.05) is 0 Å². The monoisotopic (exact) mass is 244 g/mol. The smallest absolute Gasteiger partial charge is 0.330 e. The highest BCUT2D eigenvalue weighted by Gasteiger charge is 2.39. The zero-order valence-electron chi connectivity index (χ0n) is 10.5. The fourth-order valence-electron chi connectivity index (χ4n) is 1.75. The Labute approximate surface area is 101 Å². The van der Waals surface area contributed by atoms with Gasteiger partial charge < -0.3 is 19.3 Å². The molecule has 0 bridgehead atoms. The number of carbonyl (C=O) groups excluding carboxylic acids is 1. The number of aliphatic hydroxyl groups is 1. The molecule has 5 nitrogen and oxygen atoms in total. The van der Waals surface area contributed by atoms with Gasteiger partial charge in [-0.15, -0.1) is 0 Å². The Morgan fingerprint density at radius 1 is 1.41 bits per heavy atom. The first-order valence-corrected chi connectivity index (χ1v) is 5.78. The van der Waals surface area contributed by atoms with Crippen molar-refractivity contribution in [2.45, 2.75) is 45.2 Å². The van der Waals surface area contributed by atoms with Crippen molar-refractivity contribution in [3.8, 4) is 0 Å². The largest absolute Gasteiger partial charge is 0.463 e. The minimum absolute atomic E-state index is 0.0959. The third kappa shape index (κ3) is 4.46. The zero-order chi connectivity index (χ0) is 12.9. The molecule has 1 rings (SSSR count). The van der Waals surface area contributed by atoms with Crippen LogP contribution in [0.4, 0.5) is 0 Å². The highest BCUT2D eigenvalue weighted by molar-refractivity contribution is 5.81. The second kappa shape index (κ2) is 6.14. The Bertz CT molecular complexity index is 285. The van der Waals surface area contributed by atoms with Crippen molar-refractivity contribution in [3.63, 3.8) is 0 Å². The molecule has 1 saturated heterocycles. The third-order valence-electron chi connectivity index (χ3n) is 2.37. The summed E-state index contributed by atoms with van der Waals surface area (Å²) in [7, 11) is 0. The maximum Gasteiger partial charge on any atom is 0.330 e. The molecule has 1 fully saturated rings. The summed E-state index contributed by atoms with van der Waals surface area (Å²) in [4.78, 5) is 11.1. The second-order valence-electron chi connectivity index (χ2n) is 4.29. The topological polar surface area (TPSA) is 65.0 Å². The Kier molecular flexibility index (Phi) is 5.11. The van der Waals surface area contributed by atoms with Gasteiger partial charge in [-0.2, -0.15) is 0 Å². The van der Waals surface area contributed by atoms with E-state index in [-0.39, 0.29) is 24.8 Å². The van der Waals surface area contributed by atoms with Crippen LogP contribution in [0, 0.1) is 0 Å². The number of esters is 1. The number of aliphatic hydroxyl groups excluding tert-OH is 1. The molecule has 1 heterocycles. The minimum atomic E-state index is -0.685. The average Bonchev–Trinajstić information content (AvgIpc) is 2.54. The molecular weight excluding hydrogens is 224 g/mol. The summed E-state index contributed by atoms with van der Waals surface area (Å²) < 4.78 is 15.9. The molecule has 0 spiro atoms. The fourth-order valence-corrected chi connectivity index (χ4v) is 1.75. The van der Waals surface area contributed by atoms with Gasteiger partial charge in [-0.25, -0.2) is 4.79 Å². The van der Waals surface area contributed by atoms with E-state index in [1.54, 1.807) is 26.8 Å². The summed E-state index contributed by atoms with van der Waals surface area (Å²) in [5.74, 6) is -1.05. The number of carbonyl (C=O) groups is 1. The Morgan fingerprint density at radius 2 is 2.06 bits per heavy atom. The number of ether oxygens (including phenoxy) is 3. The number of rotatable bonds is 5. The van der Waals surface area contributed by atoms with Crippen LogP contribution in [-0.2, 0) is 19.0 Å². The molecule has 1 aliphatic heterocycles. The van der Waals surface area contributed by atoms with Crippen LogP contribution in [0.5, 0.6) is 0 Å². The van der Waals surface area contributed by atoms with Crippen molar-refractivity contribution in [1.82, 2.24) is 0 Å². The molecule has 98 valence electrons. The van der Waals surface area contributed by atoms with Crippen LogP contribution in [0.25, 0.3) is 0 Å². The molecule has 0 radical (unpaired) electrons. The zero-order valence-corrected chi connectivity index (χ0v) is 10.5. The SMILES string of the molecule is CCOC(=O)C=CCC1OC(C)(C)OC1CO. The first-order chi connectivity index (χ1) is 7.98. The highest BCUT2D eigenvalue weighted by Crippen LogP contribution is 2.29. The van der Waals surface area contributed by atoms with E-state index in [9.17, 15) is 4.79 Å². The predicted octanol–water partition coefficient (Wildman–Crippen LogP) is 1.01. The summed E-state index contributed by atoms with van der Waals surface area (Å²) in [5.41, 5.74) is 0. The lowest BCUT2D eigenvalue weighted by atomic mass is 10.1. The van der Waals surface area contributed by atoms with Crippen LogP contribution in [0.1, 0.15) is 27.2 Å². The number of hydrogen-bond donors (Lipinski definition) is 1. The normalized spacial score (nSPS) is 27.5. The molecular formula is C12H20O5. The summed E-state index contributed by atoms with van der Waals surface area (Å²) in [6.45, 7) is 5.61. The van der Waals surface area contributed by atoms with E-state index in [1.165, 1.54) is 6.08 Å². The average molecular weight is 244 g/mol. The van der Waals surface area contributed by atoms with Crippen molar-refractivity contribution < 1.29 is 24.1 Å². The van der Waals surface area contributed by atoms with Crippen LogP contribution in [-0.4, -0.2) is 42.3 Å². The first-order valence-electron chi connectivity index (χ1n) is 5.78. The van der Waals surface area contributed by atoms with E-state index in [0.29, 0.717) is 13.0 Å². The van der Waals surface area contributed by atoms with Gasteiger partial charge in [0.05, 0.1) is 19.3 Å². The second-order valence-corrected chi connectivity index (χ2v) is 4.29. The summed E-state index contributed by atoms with van der Waals surface area (Å²) in [5, 5.41) is 9.14. The molecule has 0 aliphatic carbocycles. The van der Waals surface area contributed by atoms with Gasteiger partial charge in [0.15, 0.2) is 5.79 Å². The maximum atomic E-state index is 11.1. The molecule has 0 saturated carbocycles. The number of hydrogen-bond acceptors (Lipinski definition) is 5. The van der Waals surface area contributed by atoms with Gasteiger partial charge in [0.1, 0.15) is 6.10 Å². The van der Waals surface area contributed by atoms with Crippen molar-refractivity contribution in [3.05, 3.63) is 12.2 Å². The van der Waals surface area contributed by atoms with Gasteiger partial charge in [-0.3, -0.25) is 0 Å². The van der Waals surface area contributed by atoms with Crippen molar-refractivity contribution in [2.24, 2.45) is 0 Å². The standard InChI is InChI=1S/C12H20O5/c1-4-15-11(14)7-5-6-9-10(8-13)17-12(2,3)16-9/h5,7,9-10,13H,4,6,8H2,1-3H3. The van der Waals surface area contributed by atoms with E-state index in [2.05, 4.69) is 0 Å². The van der Waals surface area contributed by atoms with E-state index in [0.717, 1.165) is 0 Å². The molecule has 2 unspecified atom stereocenters. The Balaban J connectivity index is 2.43. The molecule has 0 aromatic rings. The van der Waals surface area contributed by atoms with Gasteiger partial charge in [-0.05, 0) is 27.2 Å². The van der Waals surface area contributed by atoms with E-state index in [4.69, 9.17) is 19.3 Å². The summed E-state index contributed by atoms with van der Waals surface area (Å²) in [6, 6.07) is 0. The predicted molar refractivity (Wildman–Crippen MR) is 61.3 cm³/mol. The third-order valence-corrected chi connectivity index (χ3v) is 2.37. The lowest BCUT2D eigenvalue weighted by Gasteiger charge is -2.16. The van der Waals surface area contributed by atoms with Gasteiger partial charge in [0.25, 0.3) is 0 Å². The Hall–Kier alpha value is -0.910. The van der Waals surface area contributed by atoms with Crippen LogP contribution in [0.15, 0.2) is 12.2 Å². The summed E-state index contributed by atoms with van der Waals surface area (Å²) >= 11 is 0. The lowest BCUT2D eigenvalue weighted by molar-refractivity contribution is -0.148. The molecule has 17 heavy (non-hydrogen) atoms. The van der Waals surface area contributed by atoms with Gasteiger partial charge in [-0.1, -0.05) is 6.08 Å². The molecule has 1 aliphatic rings. The van der Waals surface area contributed by atoms with Crippen molar-refractivity contribution >= 4 is 5.97 Å². The molecule has 0 aromatic heterocycles. The molecule has 0 aromatic carbocycles. The molecule has 5 heteroatoms. The van der Waals surface area contributed by atoms with Gasteiger partial charge in [0.2, 0.25) is 0 Å². The molecule has 2 atom stereocenters. The van der Waals surface area contributed by atoms with Crippen LogP contribution >= 0.6 is 0 Å². The Morgan fingerprint density at radius 3 is 2.65 bits per heavy atom. The van der Waals surface area contributed by atoms with E-state index < -0.39 is 5.79 Å². The summed E-state index contributed by atoms with van der Waals surface area (Å²) in [6.07, 6.45) is 2.97. The quantitative estimate of drug-likeness (QED) is 0.577. The first kappa shape index (κ1) is 14.2. The van der Waals surface area contributed by atoms with Crippen molar-refractivity contribution in [2.75, 3.05) is 13.2 Å².